The van der Waals surface area contributed by atoms with Crippen LogP contribution in [0.2, 0.25) is 0 Å². The third-order valence-electron chi connectivity index (χ3n) is 1.20. The molecule has 0 bridgehead atoms. The Labute approximate surface area is 59.7 Å². The second-order valence-electron chi connectivity index (χ2n) is 2.19. The number of hydrogen-bond acceptors (Lipinski definition) is 4. The Balaban J connectivity index is 3.03. The average molecular weight is 138 g/mol. The van der Waals surface area contributed by atoms with Gasteiger partial charge in [-0.15, -0.1) is 0 Å². The van der Waals surface area contributed by atoms with Crippen LogP contribution in [0.3, 0.4) is 0 Å². The minimum absolute atomic E-state index is 0.514. The number of anilines is 2. The molecule has 4 nitrogen and oxygen atoms in total. The van der Waals surface area contributed by atoms with E-state index in [1.54, 1.807) is 6.20 Å². The van der Waals surface area contributed by atoms with Crippen LogP contribution in [-0.2, 0) is 0 Å². The molecule has 0 radical (unpaired) electrons. The summed E-state index contributed by atoms with van der Waals surface area (Å²) in [5.41, 5.74) is 6.38. The maximum atomic E-state index is 5.53. The van der Waals surface area contributed by atoms with E-state index in [4.69, 9.17) is 5.73 Å². The molecule has 0 aliphatic rings. The minimum atomic E-state index is 0.514. The summed E-state index contributed by atoms with van der Waals surface area (Å²) in [6.07, 6.45) is 3.12. The SMILES string of the molecule is CN(C)c1cncnc1N. The van der Waals surface area contributed by atoms with Crippen molar-refractivity contribution in [2.75, 3.05) is 24.7 Å². The maximum Gasteiger partial charge on any atom is 0.150 e. The van der Waals surface area contributed by atoms with Gasteiger partial charge in [-0.1, -0.05) is 0 Å². The predicted octanol–water partition coefficient (Wildman–Crippen LogP) is 0.125. The molecule has 4 heteroatoms. The van der Waals surface area contributed by atoms with Crippen LogP contribution in [0.4, 0.5) is 11.5 Å². The van der Waals surface area contributed by atoms with Crippen LogP contribution in [0.5, 0.6) is 0 Å². The second kappa shape index (κ2) is 2.51. The van der Waals surface area contributed by atoms with Crippen molar-refractivity contribution < 1.29 is 0 Å². The average Bonchev–Trinajstić information content (AvgIpc) is 1.88. The summed E-state index contributed by atoms with van der Waals surface area (Å²) in [5.74, 6) is 0.514. The predicted molar refractivity (Wildman–Crippen MR) is 40.8 cm³/mol. The molecular weight excluding hydrogens is 128 g/mol. The fourth-order valence-electron chi connectivity index (χ4n) is 0.676. The summed E-state index contributed by atoms with van der Waals surface area (Å²) in [5, 5.41) is 0. The molecule has 54 valence electrons. The number of rotatable bonds is 1. The van der Waals surface area contributed by atoms with Crippen molar-refractivity contribution in [2.45, 2.75) is 0 Å². The van der Waals surface area contributed by atoms with Gasteiger partial charge in [-0.25, -0.2) is 9.97 Å². The monoisotopic (exact) mass is 138 g/mol. The molecule has 0 atom stereocenters. The highest BCUT2D eigenvalue weighted by Gasteiger charge is 1.99. The van der Waals surface area contributed by atoms with Gasteiger partial charge < -0.3 is 10.6 Å². The van der Waals surface area contributed by atoms with Crippen LogP contribution >= 0.6 is 0 Å². The molecule has 0 saturated carbocycles. The smallest absolute Gasteiger partial charge is 0.150 e. The largest absolute Gasteiger partial charge is 0.382 e. The molecule has 1 aromatic heterocycles. The Morgan fingerprint density at radius 2 is 2.20 bits per heavy atom. The highest BCUT2D eigenvalue weighted by Crippen LogP contribution is 2.14. The molecule has 1 heterocycles. The summed E-state index contributed by atoms with van der Waals surface area (Å²) in [6, 6.07) is 0. The normalized spacial score (nSPS) is 9.40. The van der Waals surface area contributed by atoms with Gasteiger partial charge in [-0.05, 0) is 0 Å². The first kappa shape index (κ1) is 6.80. The van der Waals surface area contributed by atoms with Gasteiger partial charge in [0, 0.05) is 14.1 Å². The molecular formula is C6H10N4. The molecule has 0 aliphatic carbocycles. The number of nitrogens with two attached hydrogens (primary N) is 1. The maximum absolute atomic E-state index is 5.53. The summed E-state index contributed by atoms with van der Waals surface area (Å²) < 4.78 is 0. The zero-order chi connectivity index (χ0) is 7.56. The first-order valence-electron chi connectivity index (χ1n) is 2.94. The quantitative estimate of drug-likeness (QED) is 0.599. The van der Waals surface area contributed by atoms with E-state index in [0.29, 0.717) is 5.82 Å². The van der Waals surface area contributed by atoms with Crippen molar-refractivity contribution >= 4 is 11.5 Å². The molecule has 1 aromatic rings. The van der Waals surface area contributed by atoms with E-state index < -0.39 is 0 Å². The van der Waals surface area contributed by atoms with Crippen LogP contribution in [0.15, 0.2) is 12.5 Å². The summed E-state index contributed by atoms with van der Waals surface area (Å²) in [6.45, 7) is 0. The standard InChI is InChI=1S/C6H10N4/c1-10(2)5-3-8-4-9-6(5)7/h3-4H,1-2H3,(H2,7,8,9). The molecule has 0 spiro atoms. The van der Waals surface area contributed by atoms with Gasteiger partial charge in [-0.3, -0.25) is 0 Å². The third-order valence-corrected chi connectivity index (χ3v) is 1.20. The molecule has 0 aliphatic heterocycles. The molecule has 0 saturated heterocycles. The van der Waals surface area contributed by atoms with Gasteiger partial charge in [0.2, 0.25) is 0 Å². The number of aromatic nitrogens is 2. The van der Waals surface area contributed by atoms with E-state index in [9.17, 15) is 0 Å². The Morgan fingerprint density at radius 3 is 2.60 bits per heavy atom. The van der Waals surface area contributed by atoms with Crippen LogP contribution in [-0.4, -0.2) is 24.1 Å². The van der Waals surface area contributed by atoms with Crippen molar-refractivity contribution in [1.82, 2.24) is 9.97 Å². The van der Waals surface area contributed by atoms with Crippen LogP contribution in [0.25, 0.3) is 0 Å². The first-order valence-corrected chi connectivity index (χ1v) is 2.94. The molecule has 0 amide bonds. The second-order valence-corrected chi connectivity index (χ2v) is 2.19. The number of nitrogens with zero attached hydrogens (tertiary/aromatic N) is 3. The lowest BCUT2D eigenvalue weighted by atomic mass is 10.4. The van der Waals surface area contributed by atoms with Crippen molar-refractivity contribution in [2.24, 2.45) is 0 Å². The fraction of sp³-hybridized carbons (Fsp3) is 0.333. The lowest BCUT2D eigenvalue weighted by Crippen LogP contribution is -2.12. The van der Waals surface area contributed by atoms with E-state index in [-0.39, 0.29) is 0 Å². The Hall–Kier alpha value is -1.32. The number of nitrogen functional groups attached to an aromatic ring is 1. The molecule has 0 aromatic carbocycles. The first-order chi connectivity index (χ1) is 4.72. The summed E-state index contributed by atoms with van der Waals surface area (Å²) >= 11 is 0. The molecule has 2 N–H and O–H groups in total. The van der Waals surface area contributed by atoms with Gasteiger partial charge in [0.25, 0.3) is 0 Å². The minimum Gasteiger partial charge on any atom is -0.382 e. The summed E-state index contributed by atoms with van der Waals surface area (Å²) in [4.78, 5) is 9.53. The lowest BCUT2D eigenvalue weighted by molar-refractivity contribution is 1.07. The van der Waals surface area contributed by atoms with Gasteiger partial charge >= 0.3 is 0 Å². The van der Waals surface area contributed by atoms with E-state index in [2.05, 4.69) is 9.97 Å². The topological polar surface area (TPSA) is 55.0 Å². The van der Waals surface area contributed by atoms with Crippen LogP contribution in [0, 0.1) is 0 Å². The van der Waals surface area contributed by atoms with E-state index >= 15 is 0 Å². The molecule has 0 unspecified atom stereocenters. The summed E-state index contributed by atoms with van der Waals surface area (Å²) in [7, 11) is 3.80. The van der Waals surface area contributed by atoms with Crippen LogP contribution in [0.1, 0.15) is 0 Å². The lowest BCUT2D eigenvalue weighted by Gasteiger charge is -2.12. The Morgan fingerprint density at radius 1 is 1.50 bits per heavy atom. The zero-order valence-electron chi connectivity index (χ0n) is 6.07. The number of hydrogen-bond donors (Lipinski definition) is 1. The molecule has 1 rings (SSSR count). The van der Waals surface area contributed by atoms with E-state index in [1.807, 2.05) is 19.0 Å². The van der Waals surface area contributed by atoms with Crippen molar-refractivity contribution in [1.29, 1.82) is 0 Å². The van der Waals surface area contributed by atoms with Gasteiger partial charge in [-0.2, -0.15) is 0 Å². The van der Waals surface area contributed by atoms with Crippen molar-refractivity contribution in [3.05, 3.63) is 12.5 Å². The highest BCUT2D eigenvalue weighted by molar-refractivity contribution is 5.60. The van der Waals surface area contributed by atoms with Gasteiger partial charge in [0.15, 0.2) is 0 Å². The third kappa shape index (κ3) is 1.15. The van der Waals surface area contributed by atoms with Crippen molar-refractivity contribution in [3.8, 4) is 0 Å². The molecule has 0 fully saturated rings. The fourth-order valence-corrected chi connectivity index (χ4v) is 0.676. The van der Waals surface area contributed by atoms with Gasteiger partial charge in [0.1, 0.15) is 12.1 Å². The van der Waals surface area contributed by atoms with Gasteiger partial charge in [0.05, 0.1) is 11.9 Å². The van der Waals surface area contributed by atoms with Crippen molar-refractivity contribution in [3.63, 3.8) is 0 Å². The van der Waals surface area contributed by atoms with Crippen LogP contribution < -0.4 is 10.6 Å². The molecule has 10 heavy (non-hydrogen) atoms. The Kier molecular flexibility index (Phi) is 1.71. The highest BCUT2D eigenvalue weighted by atomic mass is 15.1. The zero-order valence-corrected chi connectivity index (χ0v) is 6.07. The van der Waals surface area contributed by atoms with E-state index in [1.165, 1.54) is 6.33 Å². The van der Waals surface area contributed by atoms with E-state index in [0.717, 1.165) is 5.69 Å². The Bertz CT molecular complexity index is 221.